The second-order valence-corrected chi connectivity index (χ2v) is 12.2. The number of carbonyl (C=O) groups is 2. The number of esters is 2. The molecule has 0 saturated heterocycles. The molecular formula is C26H40O4. The first-order valence-electron chi connectivity index (χ1n) is 12.0. The van der Waals surface area contributed by atoms with E-state index in [4.69, 9.17) is 9.47 Å². The summed E-state index contributed by atoms with van der Waals surface area (Å²) in [4.78, 5) is 24.8. The smallest absolute Gasteiger partial charge is 0.306 e. The lowest BCUT2D eigenvalue weighted by atomic mass is 9.63. The molecule has 4 heteroatoms. The summed E-state index contributed by atoms with van der Waals surface area (Å²) >= 11 is 0. The van der Waals surface area contributed by atoms with Crippen LogP contribution in [-0.4, -0.2) is 23.1 Å². The van der Waals surface area contributed by atoms with Gasteiger partial charge in [0.05, 0.1) is 0 Å². The van der Waals surface area contributed by atoms with E-state index in [0.29, 0.717) is 36.5 Å². The highest BCUT2D eigenvalue weighted by Crippen LogP contribution is 2.69. The lowest BCUT2D eigenvalue weighted by molar-refractivity contribution is -0.157. The van der Waals surface area contributed by atoms with Crippen molar-refractivity contribution in [3.05, 3.63) is 12.2 Å². The van der Waals surface area contributed by atoms with Gasteiger partial charge in [0.2, 0.25) is 0 Å². The molecule has 0 aromatic rings. The molecule has 0 aromatic carbocycles. The molecule has 8 unspecified atom stereocenters. The van der Waals surface area contributed by atoms with Crippen molar-refractivity contribution in [1.29, 1.82) is 0 Å². The molecular weight excluding hydrogens is 376 g/mol. The molecule has 3 saturated carbocycles. The van der Waals surface area contributed by atoms with Crippen LogP contribution in [0.2, 0.25) is 0 Å². The minimum absolute atomic E-state index is 0.0828. The number of hydrogen-bond donors (Lipinski definition) is 0. The number of ether oxygens (including phenoxy) is 2. The summed E-state index contributed by atoms with van der Waals surface area (Å²) in [6.45, 7) is 11.6. The van der Waals surface area contributed by atoms with E-state index in [2.05, 4.69) is 12.2 Å². The van der Waals surface area contributed by atoms with E-state index < -0.39 is 11.2 Å². The van der Waals surface area contributed by atoms with E-state index in [0.717, 1.165) is 36.5 Å². The molecule has 0 spiro atoms. The normalized spacial score (nSPS) is 38.7. The maximum Gasteiger partial charge on any atom is 0.306 e. The van der Waals surface area contributed by atoms with Crippen molar-refractivity contribution in [1.82, 2.24) is 0 Å². The molecule has 4 bridgehead atoms. The fraction of sp³-hybridized carbons (Fsp3) is 0.846. The van der Waals surface area contributed by atoms with Crippen molar-refractivity contribution in [2.45, 2.75) is 91.3 Å². The third-order valence-corrected chi connectivity index (χ3v) is 7.97. The number of rotatable bonds is 6. The molecule has 0 aliphatic heterocycles. The second-order valence-electron chi connectivity index (χ2n) is 12.2. The summed E-state index contributed by atoms with van der Waals surface area (Å²) < 4.78 is 11.2. The maximum atomic E-state index is 12.4. The summed E-state index contributed by atoms with van der Waals surface area (Å²) in [7, 11) is 0. The van der Waals surface area contributed by atoms with E-state index in [1.54, 1.807) is 0 Å². The Kier molecular flexibility index (Phi) is 5.60. The quantitative estimate of drug-likeness (QED) is 0.324. The van der Waals surface area contributed by atoms with Crippen LogP contribution in [0.3, 0.4) is 0 Å². The molecule has 4 nitrogen and oxygen atoms in total. The molecule has 8 atom stereocenters. The van der Waals surface area contributed by atoms with Gasteiger partial charge in [-0.25, -0.2) is 0 Å². The van der Waals surface area contributed by atoms with Gasteiger partial charge in [-0.1, -0.05) is 12.2 Å². The van der Waals surface area contributed by atoms with Gasteiger partial charge in [-0.05, 0) is 115 Å². The molecule has 0 heterocycles. The first kappa shape index (κ1) is 21.9. The molecule has 4 aliphatic rings. The molecule has 168 valence electrons. The van der Waals surface area contributed by atoms with Gasteiger partial charge in [0.1, 0.15) is 11.2 Å². The van der Waals surface area contributed by atoms with Crippen LogP contribution in [0.25, 0.3) is 0 Å². The van der Waals surface area contributed by atoms with Crippen molar-refractivity contribution in [3.8, 4) is 0 Å². The summed E-state index contributed by atoms with van der Waals surface area (Å²) in [5.74, 6) is 5.48. The van der Waals surface area contributed by atoms with Gasteiger partial charge >= 0.3 is 11.9 Å². The Labute approximate surface area is 182 Å². The number of allylic oxidation sites excluding steroid dienone is 2. The highest BCUT2D eigenvalue weighted by molar-refractivity contribution is 5.70. The minimum atomic E-state index is -0.428. The van der Waals surface area contributed by atoms with E-state index in [1.165, 1.54) is 12.8 Å². The van der Waals surface area contributed by atoms with Crippen LogP contribution in [0.5, 0.6) is 0 Å². The minimum Gasteiger partial charge on any atom is -0.460 e. The summed E-state index contributed by atoms with van der Waals surface area (Å²) in [6, 6.07) is 0. The fourth-order valence-electron chi connectivity index (χ4n) is 7.50. The van der Waals surface area contributed by atoms with E-state index in [-0.39, 0.29) is 11.9 Å². The van der Waals surface area contributed by atoms with Crippen molar-refractivity contribution >= 4 is 11.9 Å². The van der Waals surface area contributed by atoms with Crippen LogP contribution in [0.4, 0.5) is 0 Å². The lowest BCUT2D eigenvalue weighted by Gasteiger charge is -2.42. The zero-order valence-corrected chi connectivity index (χ0v) is 19.6. The molecule has 4 aliphatic carbocycles. The Morgan fingerprint density at radius 2 is 1.13 bits per heavy atom. The van der Waals surface area contributed by atoms with Crippen LogP contribution >= 0.6 is 0 Å². The number of fused-ring (bicyclic) bond motifs is 9. The monoisotopic (exact) mass is 416 g/mol. The highest BCUT2D eigenvalue weighted by atomic mass is 16.6. The van der Waals surface area contributed by atoms with Gasteiger partial charge in [-0.2, -0.15) is 0 Å². The zero-order valence-electron chi connectivity index (χ0n) is 19.6. The van der Waals surface area contributed by atoms with E-state index in [1.807, 2.05) is 41.5 Å². The fourth-order valence-corrected chi connectivity index (χ4v) is 7.50. The van der Waals surface area contributed by atoms with Crippen LogP contribution in [0.15, 0.2) is 12.2 Å². The first-order chi connectivity index (χ1) is 13.9. The van der Waals surface area contributed by atoms with Crippen LogP contribution in [0, 0.1) is 47.3 Å². The Bertz CT molecular complexity index is 652. The second kappa shape index (κ2) is 7.67. The first-order valence-corrected chi connectivity index (χ1v) is 12.0. The molecule has 0 radical (unpaired) electrons. The predicted molar refractivity (Wildman–Crippen MR) is 116 cm³/mol. The van der Waals surface area contributed by atoms with Gasteiger partial charge in [0.15, 0.2) is 0 Å². The van der Waals surface area contributed by atoms with Crippen molar-refractivity contribution < 1.29 is 19.1 Å². The highest BCUT2D eigenvalue weighted by Gasteiger charge is 2.63. The average Bonchev–Trinajstić information content (AvgIpc) is 3.32. The average molecular weight is 417 g/mol. The van der Waals surface area contributed by atoms with Gasteiger partial charge < -0.3 is 9.47 Å². The third-order valence-electron chi connectivity index (χ3n) is 7.97. The van der Waals surface area contributed by atoms with Crippen molar-refractivity contribution in [2.24, 2.45) is 47.3 Å². The van der Waals surface area contributed by atoms with E-state index in [9.17, 15) is 9.59 Å². The third kappa shape index (κ3) is 4.34. The Morgan fingerprint density at radius 3 is 1.50 bits per heavy atom. The van der Waals surface area contributed by atoms with Gasteiger partial charge in [-0.3, -0.25) is 9.59 Å². The predicted octanol–water partition coefficient (Wildman–Crippen LogP) is 5.55. The van der Waals surface area contributed by atoms with E-state index >= 15 is 0 Å². The molecule has 0 amide bonds. The number of hydrogen-bond acceptors (Lipinski definition) is 4. The van der Waals surface area contributed by atoms with Crippen molar-refractivity contribution in [3.63, 3.8) is 0 Å². The molecule has 0 aromatic heterocycles. The number of carbonyl (C=O) groups excluding carboxylic acids is 2. The molecule has 4 rings (SSSR count). The van der Waals surface area contributed by atoms with Crippen molar-refractivity contribution in [2.75, 3.05) is 0 Å². The Balaban J connectivity index is 1.43. The maximum absolute atomic E-state index is 12.4. The van der Waals surface area contributed by atoms with Crippen LogP contribution in [0.1, 0.15) is 80.1 Å². The van der Waals surface area contributed by atoms with Gasteiger partial charge in [0, 0.05) is 12.8 Å². The summed E-state index contributed by atoms with van der Waals surface area (Å²) in [5, 5.41) is 0. The topological polar surface area (TPSA) is 52.6 Å². The van der Waals surface area contributed by atoms with Crippen LogP contribution in [-0.2, 0) is 19.1 Å². The van der Waals surface area contributed by atoms with Crippen LogP contribution < -0.4 is 0 Å². The molecule has 30 heavy (non-hydrogen) atoms. The molecule has 0 N–H and O–H groups in total. The molecule has 3 fully saturated rings. The largest absolute Gasteiger partial charge is 0.460 e. The zero-order chi connectivity index (χ0) is 21.8. The Hall–Kier alpha value is -1.32. The summed E-state index contributed by atoms with van der Waals surface area (Å²) in [6.07, 6.45) is 10.4. The SMILES string of the molecule is CC(C)(C)OC(=O)CCC1C(CCC(=O)OC(C)(C)C)C2CC1C1C3C=CC(C3)C21. The van der Waals surface area contributed by atoms with Gasteiger partial charge in [0.25, 0.3) is 0 Å². The standard InChI is InChI=1S/C26H40O4/c1-25(2,3)29-21(27)11-9-17-18(10-12-22(28)30-26(4,5)6)20-14-19(17)23-15-7-8-16(13-15)24(20)23/h7-8,15-20,23-24H,9-14H2,1-6H3. The summed E-state index contributed by atoms with van der Waals surface area (Å²) in [5.41, 5.74) is -0.856. The Morgan fingerprint density at radius 1 is 0.733 bits per heavy atom. The lowest BCUT2D eigenvalue weighted by Crippen LogP contribution is -2.38. The van der Waals surface area contributed by atoms with Gasteiger partial charge in [-0.15, -0.1) is 0 Å².